The molecule has 0 spiro atoms. The van der Waals surface area contributed by atoms with Gasteiger partial charge in [0.05, 0.1) is 11.0 Å². The number of halogens is 2. The molecule has 1 heterocycles. The molecule has 0 bridgehead atoms. The maximum Gasteiger partial charge on any atom is 0.309 e. The summed E-state index contributed by atoms with van der Waals surface area (Å²) in [7, 11) is 0. The van der Waals surface area contributed by atoms with Gasteiger partial charge in [0, 0.05) is 6.92 Å². The van der Waals surface area contributed by atoms with Crippen LogP contribution in [0.5, 0.6) is 5.88 Å². The molecule has 0 N–H and O–H groups in total. The maximum absolute atomic E-state index is 10.7. The van der Waals surface area contributed by atoms with Crippen molar-refractivity contribution in [3.8, 4) is 5.88 Å². The van der Waals surface area contributed by atoms with Gasteiger partial charge in [-0.2, -0.15) is 0 Å². The van der Waals surface area contributed by atoms with Gasteiger partial charge in [-0.3, -0.25) is 14.9 Å². The zero-order valence-corrected chi connectivity index (χ0v) is 9.70. The Kier molecular flexibility index (Phi) is 3.59. The molecule has 8 heteroatoms. The lowest BCUT2D eigenvalue weighted by molar-refractivity contribution is -0.384. The molecule has 1 aromatic heterocycles. The van der Waals surface area contributed by atoms with Crippen LogP contribution in [-0.4, -0.2) is 15.9 Å². The van der Waals surface area contributed by atoms with E-state index in [-0.39, 0.29) is 21.2 Å². The van der Waals surface area contributed by atoms with Gasteiger partial charge in [0.25, 0.3) is 5.69 Å². The zero-order valence-electron chi connectivity index (χ0n) is 7.36. The van der Waals surface area contributed by atoms with E-state index in [9.17, 15) is 14.9 Å². The predicted octanol–water partition coefficient (Wildman–Crippen LogP) is 2.33. The van der Waals surface area contributed by atoms with Gasteiger partial charge in [-0.25, -0.2) is 4.98 Å². The molecule has 0 unspecified atom stereocenters. The lowest BCUT2D eigenvalue weighted by Gasteiger charge is -2.03. The maximum atomic E-state index is 10.7. The molecule has 1 aromatic rings. The summed E-state index contributed by atoms with van der Waals surface area (Å²) in [4.78, 5) is 24.2. The molecule has 0 aliphatic rings. The van der Waals surface area contributed by atoms with Crippen LogP contribution in [0.2, 0.25) is 5.02 Å². The number of hydrogen-bond donors (Lipinski definition) is 0. The van der Waals surface area contributed by atoms with Gasteiger partial charge in [0.2, 0.25) is 5.88 Å². The largest absolute Gasteiger partial charge is 0.406 e. The third-order valence-electron chi connectivity index (χ3n) is 1.31. The van der Waals surface area contributed by atoms with Crippen molar-refractivity contribution in [1.82, 2.24) is 4.98 Å². The smallest absolute Gasteiger partial charge is 0.309 e. The molecule has 0 amide bonds. The van der Waals surface area contributed by atoms with E-state index in [2.05, 4.69) is 25.7 Å². The fourth-order valence-corrected chi connectivity index (χ4v) is 1.38. The van der Waals surface area contributed by atoms with E-state index < -0.39 is 10.9 Å². The normalized spacial score (nSPS) is 9.80. The number of aromatic nitrogens is 1. The van der Waals surface area contributed by atoms with E-state index in [4.69, 9.17) is 11.6 Å². The van der Waals surface area contributed by atoms with Gasteiger partial charge in [0.1, 0.15) is 4.60 Å². The van der Waals surface area contributed by atoms with Crippen LogP contribution in [0.3, 0.4) is 0 Å². The average Bonchev–Trinajstić information content (AvgIpc) is 2.09. The van der Waals surface area contributed by atoms with Crippen LogP contribution in [0.4, 0.5) is 5.69 Å². The second kappa shape index (κ2) is 4.54. The molecule has 0 radical (unpaired) electrons. The SMILES string of the molecule is CC(=O)Oc1nc(Br)cc([N+](=O)[O-])c1Cl. The highest BCUT2D eigenvalue weighted by Crippen LogP contribution is 2.34. The number of hydrogen-bond acceptors (Lipinski definition) is 5. The van der Waals surface area contributed by atoms with E-state index >= 15 is 0 Å². The molecule has 6 nitrogen and oxygen atoms in total. The Hall–Kier alpha value is -1.21. The Morgan fingerprint density at radius 3 is 2.80 bits per heavy atom. The van der Waals surface area contributed by atoms with Crippen LogP contribution in [-0.2, 0) is 4.79 Å². The van der Waals surface area contributed by atoms with Crippen LogP contribution >= 0.6 is 27.5 Å². The van der Waals surface area contributed by atoms with Crippen LogP contribution < -0.4 is 4.74 Å². The van der Waals surface area contributed by atoms with Gasteiger partial charge < -0.3 is 4.74 Å². The Labute approximate surface area is 97.5 Å². The fourth-order valence-electron chi connectivity index (χ4n) is 0.801. The first kappa shape index (κ1) is 11.9. The first-order valence-corrected chi connectivity index (χ1v) is 4.77. The summed E-state index contributed by atoms with van der Waals surface area (Å²) in [5.41, 5.74) is -0.380. The highest BCUT2D eigenvalue weighted by Gasteiger charge is 2.21. The summed E-state index contributed by atoms with van der Waals surface area (Å²) in [6, 6.07) is 1.12. The predicted molar refractivity (Wildman–Crippen MR) is 54.9 cm³/mol. The van der Waals surface area contributed by atoms with Gasteiger partial charge in [-0.05, 0) is 15.9 Å². The second-order valence-electron chi connectivity index (χ2n) is 2.43. The van der Waals surface area contributed by atoms with Crippen LogP contribution in [0.25, 0.3) is 0 Å². The van der Waals surface area contributed by atoms with Crippen molar-refractivity contribution in [1.29, 1.82) is 0 Å². The molecular formula is C7H4BrClN2O4. The van der Waals surface area contributed by atoms with E-state index in [0.29, 0.717) is 0 Å². The minimum absolute atomic E-state index is 0.162. The summed E-state index contributed by atoms with van der Waals surface area (Å²) >= 11 is 8.56. The molecule has 0 fully saturated rings. The third kappa shape index (κ3) is 2.87. The number of esters is 1. The van der Waals surface area contributed by atoms with Gasteiger partial charge in [0.15, 0.2) is 5.02 Å². The molecule has 0 saturated carbocycles. The van der Waals surface area contributed by atoms with Crippen molar-refractivity contribution in [3.05, 3.63) is 25.8 Å². The standard InChI is InChI=1S/C7H4BrClN2O4/c1-3(12)15-7-6(9)4(11(13)14)2-5(8)10-7/h2H,1H3. The fraction of sp³-hybridized carbons (Fsp3) is 0.143. The monoisotopic (exact) mass is 294 g/mol. The molecule has 1 rings (SSSR count). The van der Waals surface area contributed by atoms with Gasteiger partial charge in [-0.1, -0.05) is 11.6 Å². The van der Waals surface area contributed by atoms with Crippen LogP contribution in [0, 0.1) is 10.1 Å². The minimum atomic E-state index is -0.693. The topological polar surface area (TPSA) is 82.3 Å². The number of nitrogens with zero attached hydrogens (tertiary/aromatic N) is 2. The minimum Gasteiger partial charge on any atom is -0.406 e. The number of rotatable bonds is 2. The van der Waals surface area contributed by atoms with E-state index in [1.54, 1.807) is 0 Å². The van der Waals surface area contributed by atoms with Crippen molar-refractivity contribution in [2.45, 2.75) is 6.92 Å². The Morgan fingerprint density at radius 1 is 1.73 bits per heavy atom. The molecule has 15 heavy (non-hydrogen) atoms. The molecule has 0 aliphatic carbocycles. The Morgan fingerprint density at radius 2 is 2.33 bits per heavy atom. The van der Waals surface area contributed by atoms with Crippen LogP contribution in [0.15, 0.2) is 10.7 Å². The summed E-state index contributed by atoms with van der Waals surface area (Å²) in [6.45, 7) is 1.14. The lowest BCUT2D eigenvalue weighted by Crippen LogP contribution is -2.05. The van der Waals surface area contributed by atoms with Crippen molar-refractivity contribution < 1.29 is 14.5 Å². The number of pyridine rings is 1. The summed E-state index contributed by atoms with van der Waals surface area (Å²) in [5, 5.41) is 10.2. The molecule has 80 valence electrons. The van der Waals surface area contributed by atoms with E-state index in [1.807, 2.05) is 0 Å². The van der Waals surface area contributed by atoms with Crippen LogP contribution in [0.1, 0.15) is 6.92 Å². The molecular weight excluding hydrogens is 291 g/mol. The van der Waals surface area contributed by atoms with Crippen molar-refractivity contribution in [3.63, 3.8) is 0 Å². The Bertz CT molecular complexity index is 437. The van der Waals surface area contributed by atoms with Gasteiger partial charge in [-0.15, -0.1) is 0 Å². The number of carbonyl (C=O) groups is 1. The molecule has 0 saturated heterocycles. The Balaban J connectivity index is 3.28. The highest BCUT2D eigenvalue weighted by molar-refractivity contribution is 9.10. The highest BCUT2D eigenvalue weighted by atomic mass is 79.9. The molecule has 0 aliphatic heterocycles. The van der Waals surface area contributed by atoms with Crippen molar-refractivity contribution in [2.24, 2.45) is 0 Å². The average molecular weight is 295 g/mol. The molecule has 0 aromatic carbocycles. The zero-order chi connectivity index (χ0) is 11.6. The third-order valence-corrected chi connectivity index (χ3v) is 2.08. The number of ether oxygens (including phenoxy) is 1. The first-order chi connectivity index (χ1) is 6.91. The number of nitro groups is 1. The summed E-state index contributed by atoms with van der Waals surface area (Å²) in [6.07, 6.45) is 0. The van der Waals surface area contributed by atoms with Crippen molar-refractivity contribution >= 4 is 39.2 Å². The van der Waals surface area contributed by atoms with Crippen molar-refractivity contribution in [2.75, 3.05) is 0 Å². The first-order valence-electron chi connectivity index (χ1n) is 3.60. The lowest BCUT2D eigenvalue weighted by atomic mass is 10.4. The molecule has 0 atom stereocenters. The summed E-state index contributed by atoms with van der Waals surface area (Å²) in [5.74, 6) is -0.943. The quantitative estimate of drug-likeness (QED) is 0.362. The second-order valence-corrected chi connectivity index (χ2v) is 3.62. The van der Waals surface area contributed by atoms with Gasteiger partial charge >= 0.3 is 5.97 Å². The van der Waals surface area contributed by atoms with E-state index in [1.165, 1.54) is 0 Å². The van der Waals surface area contributed by atoms with E-state index in [0.717, 1.165) is 13.0 Å². The summed E-state index contributed by atoms with van der Waals surface area (Å²) < 4.78 is 4.76. The number of carbonyl (C=O) groups excluding carboxylic acids is 1.